The first kappa shape index (κ1) is 18.1. The zero-order valence-corrected chi connectivity index (χ0v) is 16.0. The second kappa shape index (κ2) is 7.66. The Balaban J connectivity index is 1.64. The fourth-order valence-corrected chi connectivity index (χ4v) is 4.40. The third-order valence-corrected chi connectivity index (χ3v) is 5.66. The summed E-state index contributed by atoms with van der Waals surface area (Å²) in [4.78, 5) is 26.1. The number of thiophene rings is 1. The minimum Gasteiger partial charge on any atom is -0.450 e. The Morgan fingerprint density at radius 3 is 2.68 bits per heavy atom. The van der Waals surface area contributed by atoms with E-state index in [9.17, 15) is 9.59 Å². The molecule has 3 heterocycles. The molecule has 8 heteroatoms. The summed E-state index contributed by atoms with van der Waals surface area (Å²) in [6, 6.07) is 3.87. The molecule has 0 atom stereocenters. The lowest BCUT2D eigenvalue weighted by Crippen LogP contribution is -2.47. The van der Waals surface area contributed by atoms with Gasteiger partial charge in [0, 0.05) is 25.7 Å². The number of halogens is 1. The summed E-state index contributed by atoms with van der Waals surface area (Å²) in [5.74, 6) is -0.0732. The largest absolute Gasteiger partial charge is 0.450 e. The molecular weight excluding hydrogens is 362 g/mol. The van der Waals surface area contributed by atoms with E-state index in [4.69, 9.17) is 16.3 Å². The molecule has 3 rings (SSSR count). The number of likely N-dealkylation sites (tertiary alicyclic amines) is 1. The molecule has 1 saturated heterocycles. The van der Waals surface area contributed by atoms with Gasteiger partial charge in [-0.25, -0.2) is 4.79 Å². The van der Waals surface area contributed by atoms with Gasteiger partial charge in [-0.3, -0.25) is 4.79 Å². The molecule has 136 valence electrons. The number of carbonyl (C=O) groups excluding carboxylic acids is 2. The zero-order valence-electron chi connectivity index (χ0n) is 14.4. The van der Waals surface area contributed by atoms with Gasteiger partial charge in [-0.05, 0) is 38.8 Å². The molecule has 0 spiro atoms. The van der Waals surface area contributed by atoms with Gasteiger partial charge in [0.05, 0.1) is 21.2 Å². The monoisotopic (exact) mass is 383 g/mol. The van der Waals surface area contributed by atoms with Gasteiger partial charge in [-0.1, -0.05) is 11.6 Å². The lowest BCUT2D eigenvalue weighted by molar-refractivity contribution is 0.0854. The molecule has 0 aromatic carbocycles. The average molecular weight is 384 g/mol. The molecule has 0 bridgehead atoms. The van der Waals surface area contributed by atoms with Crippen LogP contribution in [0, 0.1) is 0 Å². The summed E-state index contributed by atoms with van der Waals surface area (Å²) in [6.45, 7) is 6.10. The molecule has 0 saturated carbocycles. The van der Waals surface area contributed by atoms with E-state index in [1.54, 1.807) is 11.8 Å². The van der Waals surface area contributed by atoms with E-state index in [1.165, 1.54) is 11.3 Å². The third-order valence-electron chi connectivity index (χ3n) is 4.46. The molecule has 1 N–H and O–H groups in total. The highest BCUT2D eigenvalue weighted by atomic mass is 35.5. The zero-order chi connectivity index (χ0) is 18.0. The molecule has 0 aliphatic carbocycles. The Morgan fingerprint density at radius 2 is 2.04 bits per heavy atom. The standard InChI is InChI=1S/C17H22ClN3O3S/c1-3-21-12-10-15(18)25-14(12)9-13(21)16(22)19-11-5-7-20(8-6-11)17(23)24-4-2/h9-11H,3-8H2,1-2H3,(H,19,22). The van der Waals surface area contributed by atoms with Gasteiger partial charge in [0.15, 0.2) is 0 Å². The Kier molecular flexibility index (Phi) is 5.54. The van der Waals surface area contributed by atoms with Gasteiger partial charge in [0.2, 0.25) is 0 Å². The van der Waals surface area contributed by atoms with Crippen molar-refractivity contribution in [3.05, 3.63) is 22.2 Å². The fourth-order valence-electron chi connectivity index (χ4n) is 3.22. The number of aromatic nitrogens is 1. The van der Waals surface area contributed by atoms with Crippen molar-refractivity contribution in [2.45, 2.75) is 39.3 Å². The van der Waals surface area contributed by atoms with E-state index in [0.29, 0.717) is 31.9 Å². The van der Waals surface area contributed by atoms with Crippen molar-refractivity contribution < 1.29 is 14.3 Å². The highest BCUT2D eigenvalue weighted by Gasteiger charge is 2.26. The van der Waals surface area contributed by atoms with Crippen molar-refractivity contribution in [2.75, 3.05) is 19.7 Å². The van der Waals surface area contributed by atoms with Gasteiger partial charge in [-0.15, -0.1) is 11.3 Å². The summed E-state index contributed by atoms with van der Waals surface area (Å²) < 4.78 is 8.75. The first-order chi connectivity index (χ1) is 12.0. The minimum absolute atomic E-state index is 0.0695. The number of nitrogens with zero attached hydrogens (tertiary/aromatic N) is 2. The topological polar surface area (TPSA) is 63.6 Å². The maximum atomic E-state index is 12.7. The van der Waals surface area contributed by atoms with Crippen LogP contribution in [0.15, 0.2) is 12.1 Å². The number of ether oxygens (including phenoxy) is 1. The van der Waals surface area contributed by atoms with E-state index in [2.05, 4.69) is 5.32 Å². The van der Waals surface area contributed by atoms with E-state index in [1.807, 2.05) is 23.6 Å². The number of aryl methyl sites for hydroxylation is 1. The first-order valence-corrected chi connectivity index (χ1v) is 9.74. The summed E-state index contributed by atoms with van der Waals surface area (Å²) in [7, 11) is 0. The Bertz CT molecular complexity index is 778. The molecule has 2 aromatic rings. The van der Waals surface area contributed by atoms with Crippen LogP contribution >= 0.6 is 22.9 Å². The van der Waals surface area contributed by atoms with Crippen LogP contribution < -0.4 is 5.32 Å². The second-order valence-electron chi connectivity index (χ2n) is 6.01. The van der Waals surface area contributed by atoms with Crippen LogP contribution in [0.25, 0.3) is 10.2 Å². The lowest BCUT2D eigenvalue weighted by Gasteiger charge is -2.31. The molecule has 25 heavy (non-hydrogen) atoms. The maximum Gasteiger partial charge on any atom is 0.409 e. The fraction of sp³-hybridized carbons (Fsp3) is 0.529. The number of fused-ring (bicyclic) bond motifs is 1. The number of piperidine rings is 1. The van der Waals surface area contributed by atoms with Crippen molar-refractivity contribution >= 4 is 45.2 Å². The van der Waals surface area contributed by atoms with Crippen LogP contribution in [0.1, 0.15) is 37.2 Å². The lowest BCUT2D eigenvalue weighted by atomic mass is 10.1. The summed E-state index contributed by atoms with van der Waals surface area (Å²) in [6.07, 6.45) is 1.19. The van der Waals surface area contributed by atoms with Gasteiger partial charge >= 0.3 is 6.09 Å². The summed E-state index contributed by atoms with van der Waals surface area (Å²) >= 11 is 7.55. The van der Waals surface area contributed by atoms with Crippen LogP contribution in [0.3, 0.4) is 0 Å². The number of carbonyl (C=O) groups is 2. The average Bonchev–Trinajstić information content (AvgIpc) is 3.11. The molecule has 0 radical (unpaired) electrons. The Morgan fingerprint density at radius 1 is 1.32 bits per heavy atom. The van der Waals surface area contributed by atoms with E-state index >= 15 is 0 Å². The molecule has 6 nitrogen and oxygen atoms in total. The number of rotatable bonds is 4. The quantitative estimate of drug-likeness (QED) is 0.874. The minimum atomic E-state index is -0.274. The maximum absolute atomic E-state index is 12.7. The molecular formula is C17H22ClN3O3S. The van der Waals surface area contributed by atoms with Crippen LogP contribution in [0.4, 0.5) is 4.79 Å². The van der Waals surface area contributed by atoms with E-state index < -0.39 is 0 Å². The van der Waals surface area contributed by atoms with Crippen molar-refractivity contribution in [1.29, 1.82) is 0 Å². The number of hydrogen-bond acceptors (Lipinski definition) is 4. The van der Waals surface area contributed by atoms with Crippen molar-refractivity contribution in [1.82, 2.24) is 14.8 Å². The van der Waals surface area contributed by atoms with Crippen molar-refractivity contribution in [3.8, 4) is 0 Å². The number of hydrogen-bond donors (Lipinski definition) is 1. The summed E-state index contributed by atoms with van der Waals surface area (Å²) in [5, 5.41) is 3.10. The third kappa shape index (κ3) is 3.77. The SMILES string of the molecule is CCOC(=O)N1CCC(NC(=O)c2cc3sc(Cl)cc3n2CC)CC1. The van der Waals surface area contributed by atoms with Crippen LogP contribution in [0.5, 0.6) is 0 Å². The van der Waals surface area contributed by atoms with Crippen molar-refractivity contribution in [2.24, 2.45) is 0 Å². The van der Waals surface area contributed by atoms with Crippen LogP contribution in [-0.4, -0.2) is 47.2 Å². The van der Waals surface area contributed by atoms with Gasteiger partial charge in [-0.2, -0.15) is 0 Å². The Hall–Kier alpha value is -1.73. The van der Waals surface area contributed by atoms with E-state index in [-0.39, 0.29) is 18.0 Å². The predicted octanol–water partition coefficient (Wildman–Crippen LogP) is 3.73. The molecule has 0 unspecified atom stereocenters. The highest BCUT2D eigenvalue weighted by molar-refractivity contribution is 7.22. The number of nitrogens with one attached hydrogen (secondary N) is 1. The predicted molar refractivity (Wildman–Crippen MR) is 99.6 cm³/mol. The van der Waals surface area contributed by atoms with Crippen LogP contribution in [-0.2, 0) is 11.3 Å². The van der Waals surface area contributed by atoms with Gasteiger partial charge in [0.25, 0.3) is 5.91 Å². The summed E-state index contributed by atoms with van der Waals surface area (Å²) in [5.41, 5.74) is 1.66. The van der Waals surface area contributed by atoms with Crippen molar-refractivity contribution in [3.63, 3.8) is 0 Å². The Labute approximate surface area is 155 Å². The van der Waals surface area contributed by atoms with Crippen LogP contribution in [0.2, 0.25) is 4.34 Å². The molecule has 1 fully saturated rings. The van der Waals surface area contributed by atoms with Gasteiger partial charge in [0.1, 0.15) is 5.69 Å². The van der Waals surface area contributed by atoms with Gasteiger partial charge < -0.3 is 19.5 Å². The molecule has 1 aliphatic heterocycles. The smallest absolute Gasteiger partial charge is 0.409 e. The van der Waals surface area contributed by atoms with E-state index in [0.717, 1.165) is 27.4 Å². The molecule has 1 aliphatic rings. The molecule has 2 aromatic heterocycles. The normalized spacial score (nSPS) is 15.6. The molecule has 2 amide bonds. The highest BCUT2D eigenvalue weighted by Crippen LogP contribution is 2.32. The second-order valence-corrected chi connectivity index (χ2v) is 7.72. The number of amides is 2. The first-order valence-electron chi connectivity index (χ1n) is 8.54.